The van der Waals surface area contributed by atoms with E-state index in [4.69, 9.17) is 15.2 Å². The van der Waals surface area contributed by atoms with Gasteiger partial charge in [0.05, 0.1) is 26.4 Å². The van der Waals surface area contributed by atoms with Crippen molar-refractivity contribution in [1.82, 2.24) is 0 Å². The third-order valence-corrected chi connectivity index (χ3v) is 3.77. The van der Waals surface area contributed by atoms with Gasteiger partial charge in [-0.15, -0.1) is 0 Å². The Hall–Kier alpha value is -1.21. The fourth-order valence-corrected chi connectivity index (χ4v) is 2.54. The lowest BCUT2D eigenvalue weighted by molar-refractivity contribution is -0.142. The molecule has 1 heterocycles. The molecule has 1 aliphatic carbocycles. The van der Waals surface area contributed by atoms with Crippen molar-refractivity contribution in [1.29, 1.82) is 0 Å². The molecular weight excluding hydrogens is 274 g/mol. The number of methoxy groups -OCH3 is 1. The van der Waals surface area contributed by atoms with E-state index in [0.29, 0.717) is 26.1 Å². The van der Waals surface area contributed by atoms with Gasteiger partial charge in [0, 0.05) is 6.42 Å². The summed E-state index contributed by atoms with van der Waals surface area (Å²) in [5.74, 6) is -0.206. The summed E-state index contributed by atoms with van der Waals surface area (Å²) in [6.07, 6.45) is 6.66. The second-order valence-corrected chi connectivity index (χ2v) is 5.35. The van der Waals surface area contributed by atoms with Crippen LogP contribution in [0.3, 0.4) is 0 Å². The molecule has 3 N–H and O–H groups in total. The molecule has 2 rings (SSSR count). The highest BCUT2D eigenvalue weighted by molar-refractivity contribution is 5.75. The Kier molecular flexibility index (Phi) is 5.93. The number of rotatable bonds is 6. The summed E-state index contributed by atoms with van der Waals surface area (Å²) in [4.78, 5) is 11.3. The fraction of sp³-hybridized carbons (Fsp3) is 0.667. The highest BCUT2D eigenvalue weighted by Gasteiger charge is 2.24. The summed E-state index contributed by atoms with van der Waals surface area (Å²) < 4.78 is 15.3. The SMILES string of the molecule is COC(=O)[C@@H](N)CC1C=CC(C(O)CC2OCCO2)=CC1. The van der Waals surface area contributed by atoms with E-state index in [2.05, 4.69) is 4.74 Å². The Balaban J connectivity index is 1.79. The maximum atomic E-state index is 11.3. The summed E-state index contributed by atoms with van der Waals surface area (Å²) in [7, 11) is 1.33. The number of carbonyl (C=O) groups is 1. The van der Waals surface area contributed by atoms with Gasteiger partial charge >= 0.3 is 5.97 Å². The summed E-state index contributed by atoms with van der Waals surface area (Å²) in [6, 6.07) is -0.607. The zero-order chi connectivity index (χ0) is 15.2. The first-order valence-electron chi connectivity index (χ1n) is 7.23. The number of hydrogen-bond acceptors (Lipinski definition) is 6. The predicted octanol–water partition coefficient (Wildman–Crippen LogP) is 0.503. The van der Waals surface area contributed by atoms with Crippen LogP contribution in [0.5, 0.6) is 0 Å². The van der Waals surface area contributed by atoms with Gasteiger partial charge in [-0.25, -0.2) is 0 Å². The normalized spacial score (nSPS) is 25.5. The minimum Gasteiger partial charge on any atom is -0.468 e. The smallest absolute Gasteiger partial charge is 0.322 e. The van der Waals surface area contributed by atoms with Gasteiger partial charge in [0.2, 0.25) is 0 Å². The van der Waals surface area contributed by atoms with E-state index in [0.717, 1.165) is 12.0 Å². The van der Waals surface area contributed by atoms with Gasteiger partial charge in [0.1, 0.15) is 6.04 Å². The third-order valence-electron chi connectivity index (χ3n) is 3.77. The molecule has 0 bridgehead atoms. The van der Waals surface area contributed by atoms with E-state index in [9.17, 15) is 9.90 Å². The number of esters is 1. The van der Waals surface area contributed by atoms with E-state index >= 15 is 0 Å². The summed E-state index contributed by atoms with van der Waals surface area (Å²) in [5, 5.41) is 10.2. The molecule has 0 aromatic rings. The molecule has 0 amide bonds. The molecule has 6 heteroatoms. The van der Waals surface area contributed by atoms with Crippen LogP contribution in [0, 0.1) is 5.92 Å². The van der Waals surface area contributed by atoms with Crippen molar-refractivity contribution < 1.29 is 24.1 Å². The Morgan fingerprint density at radius 1 is 1.48 bits per heavy atom. The third kappa shape index (κ3) is 4.64. The first-order chi connectivity index (χ1) is 10.1. The number of aliphatic hydroxyl groups is 1. The van der Waals surface area contributed by atoms with Crippen LogP contribution in [-0.2, 0) is 19.0 Å². The lowest BCUT2D eigenvalue weighted by Crippen LogP contribution is -2.33. The number of nitrogens with two attached hydrogens (primary N) is 1. The monoisotopic (exact) mass is 297 g/mol. The van der Waals surface area contributed by atoms with Crippen LogP contribution in [0.15, 0.2) is 23.8 Å². The van der Waals surface area contributed by atoms with Crippen molar-refractivity contribution in [2.75, 3.05) is 20.3 Å². The molecule has 1 fully saturated rings. The highest BCUT2D eigenvalue weighted by Crippen LogP contribution is 2.25. The van der Waals surface area contributed by atoms with E-state index in [1.165, 1.54) is 7.11 Å². The van der Waals surface area contributed by atoms with Crippen LogP contribution in [0.2, 0.25) is 0 Å². The van der Waals surface area contributed by atoms with E-state index in [1.807, 2.05) is 18.2 Å². The first-order valence-corrected chi connectivity index (χ1v) is 7.23. The molecule has 0 aromatic heterocycles. The second kappa shape index (κ2) is 7.70. The fourth-order valence-electron chi connectivity index (χ4n) is 2.54. The van der Waals surface area contributed by atoms with Crippen LogP contribution in [0.1, 0.15) is 19.3 Å². The topological polar surface area (TPSA) is 91.0 Å². The molecule has 0 saturated carbocycles. The largest absolute Gasteiger partial charge is 0.468 e. The molecule has 0 aromatic carbocycles. The zero-order valence-corrected chi connectivity index (χ0v) is 12.2. The van der Waals surface area contributed by atoms with Gasteiger partial charge in [0.25, 0.3) is 0 Å². The van der Waals surface area contributed by atoms with Crippen molar-refractivity contribution in [2.24, 2.45) is 11.7 Å². The van der Waals surface area contributed by atoms with Gasteiger partial charge in [-0.2, -0.15) is 0 Å². The van der Waals surface area contributed by atoms with Crippen LogP contribution in [0.4, 0.5) is 0 Å². The van der Waals surface area contributed by atoms with Crippen molar-refractivity contribution in [3.05, 3.63) is 23.8 Å². The average molecular weight is 297 g/mol. The molecule has 2 aliphatic rings. The quantitative estimate of drug-likeness (QED) is 0.694. The summed E-state index contributed by atoms with van der Waals surface area (Å²) in [5.41, 5.74) is 6.61. The van der Waals surface area contributed by atoms with Gasteiger partial charge in [-0.3, -0.25) is 4.79 Å². The number of aliphatic hydroxyl groups excluding tert-OH is 1. The number of ether oxygens (including phenoxy) is 3. The Morgan fingerprint density at radius 3 is 2.76 bits per heavy atom. The van der Waals surface area contributed by atoms with Crippen LogP contribution >= 0.6 is 0 Å². The van der Waals surface area contributed by atoms with Crippen molar-refractivity contribution in [3.8, 4) is 0 Å². The second-order valence-electron chi connectivity index (χ2n) is 5.35. The van der Waals surface area contributed by atoms with Crippen LogP contribution in [0.25, 0.3) is 0 Å². The Morgan fingerprint density at radius 2 is 2.19 bits per heavy atom. The van der Waals surface area contributed by atoms with Gasteiger partial charge in [-0.1, -0.05) is 18.2 Å². The van der Waals surface area contributed by atoms with Gasteiger partial charge in [0.15, 0.2) is 6.29 Å². The number of hydrogen-bond donors (Lipinski definition) is 2. The molecule has 1 aliphatic heterocycles. The number of carbonyl (C=O) groups excluding carboxylic acids is 1. The number of allylic oxidation sites excluding steroid dienone is 2. The minimum atomic E-state index is -0.607. The first kappa shape index (κ1) is 16.2. The molecular formula is C15H23NO5. The molecule has 2 unspecified atom stereocenters. The standard InChI is InChI=1S/C15H23NO5/c1-19-15(18)12(16)8-10-2-4-11(5-3-10)13(17)9-14-20-6-7-21-14/h2,4-5,10,12-14,17H,3,6-9,16H2,1H3/t10?,12-,13?/m0/s1. The molecule has 0 spiro atoms. The lowest BCUT2D eigenvalue weighted by atomic mass is 9.89. The van der Waals surface area contributed by atoms with Crippen molar-refractivity contribution >= 4 is 5.97 Å². The molecule has 21 heavy (non-hydrogen) atoms. The van der Waals surface area contributed by atoms with E-state index in [-0.39, 0.29) is 12.2 Å². The van der Waals surface area contributed by atoms with Gasteiger partial charge in [-0.05, 0) is 24.3 Å². The molecule has 118 valence electrons. The minimum absolute atomic E-state index is 0.189. The molecule has 3 atom stereocenters. The van der Waals surface area contributed by atoms with Crippen molar-refractivity contribution in [2.45, 2.75) is 37.7 Å². The van der Waals surface area contributed by atoms with E-state index in [1.54, 1.807) is 0 Å². The van der Waals surface area contributed by atoms with Crippen LogP contribution in [-0.4, -0.2) is 49.8 Å². The average Bonchev–Trinajstić information content (AvgIpc) is 2.99. The lowest BCUT2D eigenvalue weighted by Gasteiger charge is -2.22. The highest BCUT2D eigenvalue weighted by atomic mass is 16.7. The molecule has 0 radical (unpaired) electrons. The van der Waals surface area contributed by atoms with Crippen LogP contribution < -0.4 is 5.73 Å². The summed E-state index contributed by atoms with van der Waals surface area (Å²) >= 11 is 0. The molecule has 1 saturated heterocycles. The summed E-state index contributed by atoms with van der Waals surface area (Å²) in [6.45, 7) is 1.17. The zero-order valence-electron chi connectivity index (χ0n) is 12.2. The predicted molar refractivity (Wildman–Crippen MR) is 76.3 cm³/mol. The maximum absolute atomic E-state index is 11.3. The van der Waals surface area contributed by atoms with Gasteiger partial charge < -0.3 is 25.1 Å². The Bertz CT molecular complexity index is 414. The van der Waals surface area contributed by atoms with Crippen molar-refractivity contribution in [3.63, 3.8) is 0 Å². The Labute approximate surface area is 124 Å². The maximum Gasteiger partial charge on any atom is 0.322 e. The van der Waals surface area contributed by atoms with E-state index < -0.39 is 18.1 Å². The molecule has 6 nitrogen and oxygen atoms in total.